The van der Waals surface area contributed by atoms with Crippen LogP contribution in [0.3, 0.4) is 0 Å². The number of hydrogen-bond donors (Lipinski definition) is 1. The molecule has 3 rings (SSSR count). The molecule has 0 amide bonds. The first kappa shape index (κ1) is 23.1. The Hall–Kier alpha value is -2.14. The quantitative estimate of drug-likeness (QED) is 0.275. The minimum Gasteiger partial charge on any atom is -0.462 e. The van der Waals surface area contributed by atoms with Crippen LogP contribution in [0.1, 0.15) is 28.5 Å². The molecule has 29 heavy (non-hydrogen) atoms. The number of nitrogens with zero attached hydrogens (tertiary/aromatic N) is 4. The number of aromatic nitrogens is 1. The highest BCUT2D eigenvalue weighted by Gasteiger charge is 2.20. The number of aliphatic imine (C=N–C) groups is 1. The lowest BCUT2D eigenvalue weighted by atomic mass is 10.1. The smallest absolute Gasteiger partial charge is 0.338 e. The Morgan fingerprint density at radius 1 is 1.21 bits per heavy atom. The Morgan fingerprint density at radius 3 is 2.52 bits per heavy atom. The maximum absolute atomic E-state index is 11.7. The van der Waals surface area contributed by atoms with Crippen LogP contribution < -0.4 is 5.32 Å². The largest absolute Gasteiger partial charge is 0.462 e. The molecule has 2 heterocycles. The van der Waals surface area contributed by atoms with Crippen LogP contribution in [0.4, 0.5) is 0 Å². The molecule has 0 saturated carbocycles. The summed E-state index contributed by atoms with van der Waals surface area (Å²) in [4.78, 5) is 20.7. The van der Waals surface area contributed by atoms with Gasteiger partial charge in [0.25, 0.3) is 0 Å². The second-order valence-corrected chi connectivity index (χ2v) is 6.57. The Morgan fingerprint density at radius 2 is 1.93 bits per heavy atom. The molecule has 0 aliphatic carbocycles. The van der Waals surface area contributed by atoms with E-state index >= 15 is 0 Å². The molecule has 1 aliphatic rings. The van der Waals surface area contributed by atoms with Gasteiger partial charge in [-0.1, -0.05) is 17.3 Å². The highest BCUT2D eigenvalue weighted by molar-refractivity contribution is 14.0. The van der Waals surface area contributed by atoms with Gasteiger partial charge in [-0.3, -0.25) is 9.89 Å². The van der Waals surface area contributed by atoms with Crippen LogP contribution in [0.5, 0.6) is 0 Å². The third kappa shape index (κ3) is 6.70. The van der Waals surface area contributed by atoms with Crippen molar-refractivity contribution in [3.05, 3.63) is 53.4 Å². The van der Waals surface area contributed by atoms with Gasteiger partial charge in [0.2, 0.25) is 0 Å². The van der Waals surface area contributed by atoms with E-state index in [1.165, 1.54) is 0 Å². The maximum Gasteiger partial charge on any atom is 0.338 e. The van der Waals surface area contributed by atoms with Gasteiger partial charge in [0, 0.05) is 52.4 Å². The summed E-state index contributed by atoms with van der Waals surface area (Å²) in [5.41, 5.74) is 2.61. The number of esters is 1. The third-order valence-electron chi connectivity index (χ3n) is 4.68. The van der Waals surface area contributed by atoms with Crippen LogP contribution in [-0.4, -0.2) is 66.7 Å². The SMILES string of the molecule is CCOC(=O)c1ccc(CNC(=NC)N2CCN(Cc3ccon3)CC2)cc1.I. The summed E-state index contributed by atoms with van der Waals surface area (Å²) in [6, 6.07) is 9.35. The normalized spacial score (nSPS) is 15.0. The molecule has 1 aromatic carbocycles. The Kier molecular flexibility index (Phi) is 9.39. The van der Waals surface area contributed by atoms with E-state index in [-0.39, 0.29) is 29.9 Å². The summed E-state index contributed by atoms with van der Waals surface area (Å²) in [5, 5.41) is 7.38. The molecule has 2 aromatic rings. The lowest BCUT2D eigenvalue weighted by molar-refractivity contribution is 0.0526. The molecule has 0 spiro atoms. The minimum atomic E-state index is -0.290. The second-order valence-electron chi connectivity index (χ2n) is 6.57. The molecular formula is C20H28IN5O3. The van der Waals surface area contributed by atoms with Crippen molar-refractivity contribution in [2.24, 2.45) is 4.99 Å². The first-order chi connectivity index (χ1) is 13.7. The van der Waals surface area contributed by atoms with Crippen LogP contribution in [0.15, 0.2) is 46.1 Å². The fourth-order valence-electron chi connectivity index (χ4n) is 3.15. The molecule has 8 nitrogen and oxygen atoms in total. The fourth-order valence-corrected chi connectivity index (χ4v) is 3.15. The lowest BCUT2D eigenvalue weighted by Crippen LogP contribution is -2.52. The standard InChI is InChI=1S/C20H27N5O3.HI/c1-3-27-19(26)17-6-4-16(5-7-17)14-22-20(21-2)25-11-9-24(10-12-25)15-18-8-13-28-23-18;/h4-8,13H,3,9-12,14-15H2,1-2H3,(H,21,22);1H. The molecular weight excluding hydrogens is 485 g/mol. The second kappa shape index (κ2) is 11.8. The third-order valence-corrected chi connectivity index (χ3v) is 4.68. The first-order valence-corrected chi connectivity index (χ1v) is 9.53. The van der Waals surface area contributed by atoms with Gasteiger partial charge in [0.15, 0.2) is 5.96 Å². The summed E-state index contributed by atoms with van der Waals surface area (Å²) in [6.45, 7) is 7.33. The molecule has 0 radical (unpaired) electrons. The van der Waals surface area contributed by atoms with Gasteiger partial charge >= 0.3 is 5.97 Å². The van der Waals surface area contributed by atoms with E-state index < -0.39 is 0 Å². The van der Waals surface area contributed by atoms with E-state index in [1.54, 1.807) is 32.4 Å². The number of ether oxygens (including phenoxy) is 1. The van der Waals surface area contributed by atoms with Crippen molar-refractivity contribution in [2.45, 2.75) is 20.0 Å². The Bertz CT molecular complexity index is 772. The van der Waals surface area contributed by atoms with Gasteiger partial charge in [-0.15, -0.1) is 24.0 Å². The van der Waals surface area contributed by atoms with E-state index in [1.807, 2.05) is 18.2 Å². The summed E-state index contributed by atoms with van der Waals surface area (Å²) in [5.74, 6) is 0.594. The van der Waals surface area contributed by atoms with Crippen LogP contribution in [0, 0.1) is 0 Å². The van der Waals surface area contributed by atoms with Crippen LogP contribution in [-0.2, 0) is 17.8 Å². The zero-order chi connectivity index (χ0) is 19.8. The maximum atomic E-state index is 11.7. The summed E-state index contributed by atoms with van der Waals surface area (Å²) in [6.07, 6.45) is 1.61. The van der Waals surface area contributed by atoms with E-state index in [0.717, 1.165) is 49.9 Å². The van der Waals surface area contributed by atoms with E-state index in [0.29, 0.717) is 18.7 Å². The van der Waals surface area contributed by atoms with Gasteiger partial charge < -0.3 is 19.5 Å². The predicted octanol–water partition coefficient (Wildman–Crippen LogP) is 2.36. The van der Waals surface area contributed by atoms with Crippen molar-refractivity contribution in [1.29, 1.82) is 0 Å². The van der Waals surface area contributed by atoms with Gasteiger partial charge in [0.05, 0.1) is 17.9 Å². The topological polar surface area (TPSA) is 83.2 Å². The van der Waals surface area contributed by atoms with Crippen molar-refractivity contribution < 1.29 is 14.1 Å². The fraction of sp³-hybridized carbons (Fsp3) is 0.450. The first-order valence-electron chi connectivity index (χ1n) is 9.53. The molecule has 1 fully saturated rings. The van der Waals surface area contributed by atoms with Gasteiger partial charge in [-0.05, 0) is 24.6 Å². The molecule has 0 bridgehead atoms. The highest BCUT2D eigenvalue weighted by Crippen LogP contribution is 2.09. The van der Waals surface area contributed by atoms with Crippen LogP contribution in [0.2, 0.25) is 0 Å². The van der Waals surface area contributed by atoms with Gasteiger partial charge in [-0.25, -0.2) is 4.79 Å². The van der Waals surface area contributed by atoms with Crippen molar-refractivity contribution in [3.63, 3.8) is 0 Å². The number of guanidine groups is 1. The monoisotopic (exact) mass is 513 g/mol. The van der Waals surface area contributed by atoms with E-state index in [4.69, 9.17) is 9.26 Å². The lowest BCUT2D eigenvalue weighted by Gasteiger charge is -2.36. The Balaban J connectivity index is 0.00000300. The molecule has 1 saturated heterocycles. The average Bonchev–Trinajstić information content (AvgIpc) is 3.23. The van der Waals surface area contributed by atoms with E-state index in [9.17, 15) is 4.79 Å². The average molecular weight is 513 g/mol. The number of nitrogens with one attached hydrogen (secondary N) is 1. The number of carbonyl (C=O) groups is 1. The predicted molar refractivity (Wildman–Crippen MR) is 121 cm³/mol. The number of hydrogen-bond acceptors (Lipinski definition) is 6. The number of benzene rings is 1. The molecule has 1 aromatic heterocycles. The molecule has 0 unspecified atom stereocenters. The van der Waals surface area contributed by atoms with Crippen molar-refractivity contribution in [1.82, 2.24) is 20.3 Å². The van der Waals surface area contributed by atoms with Crippen LogP contribution >= 0.6 is 24.0 Å². The number of piperazine rings is 1. The number of halogens is 1. The van der Waals surface area contributed by atoms with E-state index in [2.05, 4.69) is 25.3 Å². The highest BCUT2D eigenvalue weighted by atomic mass is 127. The zero-order valence-electron chi connectivity index (χ0n) is 16.8. The van der Waals surface area contributed by atoms with Crippen molar-refractivity contribution in [3.8, 4) is 0 Å². The summed E-state index contributed by atoms with van der Waals surface area (Å²) >= 11 is 0. The molecule has 158 valence electrons. The van der Waals surface area contributed by atoms with Crippen molar-refractivity contribution >= 4 is 35.9 Å². The molecule has 0 atom stereocenters. The number of carbonyl (C=O) groups excluding carboxylic acids is 1. The molecule has 9 heteroatoms. The summed E-state index contributed by atoms with van der Waals surface area (Å²) < 4.78 is 9.91. The van der Waals surface area contributed by atoms with Crippen LogP contribution in [0.25, 0.3) is 0 Å². The van der Waals surface area contributed by atoms with Crippen molar-refractivity contribution in [2.75, 3.05) is 39.8 Å². The van der Waals surface area contributed by atoms with Gasteiger partial charge in [0.1, 0.15) is 6.26 Å². The summed E-state index contributed by atoms with van der Waals surface area (Å²) in [7, 11) is 1.80. The van der Waals surface area contributed by atoms with Gasteiger partial charge in [-0.2, -0.15) is 0 Å². The Labute approximate surface area is 188 Å². The number of rotatable bonds is 6. The molecule has 1 N–H and O–H groups in total. The minimum absolute atomic E-state index is 0. The molecule has 1 aliphatic heterocycles. The zero-order valence-corrected chi connectivity index (χ0v) is 19.2.